The van der Waals surface area contributed by atoms with Crippen LogP contribution < -0.4 is 10.1 Å². The van der Waals surface area contributed by atoms with Crippen molar-refractivity contribution in [1.82, 2.24) is 5.32 Å². The first-order valence-electron chi connectivity index (χ1n) is 7.76. The number of rotatable bonds is 7. The van der Waals surface area contributed by atoms with Crippen molar-refractivity contribution in [1.29, 1.82) is 10.5 Å². The minimum absolute atomic E-state index is 0.0253. The molecule has 0 saturated carbocycles. The molecule has 2 aromatic carbocycles. The fraction of sp³-hybridized carbons (Fsp3) is 0.150. The number of ether oxygens (including phenoxy) is 1. The third-order valence-electron chi connectivity index (χ3n) is 3.40. The number of carbonyl (C=O) groups excluding carboxylic acids is 1. The molecule has 0 spiro atoms. The maximum atomic E-state index is 12.1. The monoisotopic (exact) mass is 331 g/mol. The Labute approximate surface area is 146 Å². The lowest BCUT2D eigenvalue weighted by Crippen LogP contribution is -2.26. The van der Waals surface area contributed by atoms with E-state index in [0.717, 1.165) is 5.56 Å². The van der Waals surface area contributed by atoms with E-state index in [-0.39, 0.29) is 12.2 Å². The van der Waals surface area contributed by atoms with E-state index in [1.165, 1.54) is 6.08 Å². The zero-order valence-corrected chi connectivity index (χ0v) is 13.6. The Bertz CT molecular complexity index is 813. The SMILES string of the molecule is N#CCOc1ccc(/C=C(\C#N)C(=O)NCCc2ccccc2)cc1. The number of amides is 1. The average molecular weight is 331 g/mol. The van der Waals surface area contributed by atoms with Crippen LogP contribution >= 0.6 is 0 Å². The topological polar surface area (TPSA) is 85.9 Å². The number of nitrogens with one attached hydrogen (secondary N) is 1. The summed E-state index contributed by atoms with van der Waals surface area (Å²) in [5, 5.41) is 20.4. The van der Waals surface area contributed by atoms with Crippen molar-refractivity contribution < 1.29 is 9.53 Å². The third kappa shape index (κ3) is 5.85. The molecule has 25 heavy (non-hydrogen) atoms. The van der Waals surface area contributed by atoms with E-state index in [9.17, 15) is 10.1 Å². The molecule has 0 fully saturated rings. The molecule has 0 unspecified atom stereocenters. The molecule has 0 atom stereocenters. The summed E-state index contributed by atoms with van der Waals surface area (Å²) in [6.45, 7) is 0.436. The summed E-state index contributed by atoms with van der Waals surface area (Å²) < 4.78 is 5.16. The molecule has 0 aliphatic heterocycles. The van der Waals surface area contributed by atoms with Crippen LogP contribution in [0.2, 0.25) is 0 Å². The van der Waals surface area contributed by atoms with Gasteiger partial charge in [-0.1, -0.05) is 42.5 Å². The molecule has 0 aliphatic carbocycles. The van der Waals surface area contributed by atoms with Gasteiger partial charge in [-0.15, -0.1) is 0 Å². The Hall–Kier alpha value is -3.57. The highest BCUT2D eigenvalue weighted by atomic mass is 16.5. The van der Waals surface area contributed by atoms with Gasteiger partial charge in [-0.3, -0.25) is 4.79 Å². The quantitative estimate of drug-likeness (QED) is 0.624. The molecule has 2 aromatic rings. The third-order valence-corrected chi connectivity index (χ3v) is 3.40. The Morgan fingerprint density at radius 3 is 2.44 bits per heavy atom. The normalized spacial score (nSPS) is 10.4. The Kier molecular flexibility index (Phi) is 6.79. The number of nitrogens with zero attached hydrogens (tertiary/aromatic N) is 2. The zero-order chi connectivity index (χ0) is 17.9. The smallest absolute Gasteiger partial charge is 0.261 e. The molecule has 5 heteroatoms. The van der Waals surface area contributed by atoms with Crippen molar-refractivity contribution in [2.45, 2.75) is 6.42 Å². The maximum Gasteiger partial charge on any atom is 0.261 e. The molecule has 0 bridgehead atoms. The van der Waals surface area contributed by atoms with Crippen LogP contribution in [-0.2, 0) is 11.2 Å². The Balaban J connectivity index is 1.93. The number of nitriles is 2. The molecule has 1 amide bonds. The van der Waals surface area contributed by atoms with Crippen LogP contribution in [0.1, 0.15) is 11.1 Å². The van der Waals surface area contributed by atoms with Crippen molar-refractivity contribution in [3.8, 4) is 17.9 Å². The second kappa shape index (κ2) is 9.54. The lowest BCUT2D eigenvalue weighted by Gasteiger charge is -2.05. The molecule has 5 nitrogen and oxygen atoms in total. The highest BCUT2D eigenvalue weighted by molar-refractivity contribution is 6.01. The molecule has 0 aromatic heterocycles. The molecule has 1 N–H and O–H groups in total. The molecule has 0 radical (unpaired) electrons. The largest absolute Gasteiger partial charge is 0.479 e. The summed E-state index contributed by atoms with van der Waals surface area (Å²) in [6, 6.07) is 20.4. The van der Waals surface area contributed by atoms with E-state index < -0.39 is 5.91 Å². The molecular weight excluding hydrogens is 314 g/mol. The predicted octanol–water partition coefficient (Wildman–Crippen LogP) is 2.85. The standard InChI is InChI=1S/C20H17N3O2/c21-11-13-25-19-8-6-17(7-9-19)14-18(15-22)20(24)23-12-10-16-4-2-1-3-5-16/h1-9,14H,10,12-13H2,(H,23,24)/b18-14+. The highest BCUT2D eigenvalue weighted by Gasteiger charge is 2.08. The van der Waals surface area contributed by atoms with Gasteiger partial charge in [0.15, 0.2) is 6.61 Å². The van der Waals surface area contributed by atoms with Gasteiger partial charge in [0.1, 0.15) is 23.5 Å². The Morgan fingerprint density at radius 1 is 1.08 bits per heavy atom. The summed E-state index contributed by atoms with van der Waals surface area (Å²) >= 11 is 0. The van der Waals surface area contributed by atoms with Gasteiger partial charge in [-0.2, -0.15) is 10.5 Å². The maximum absolute atomic E-state index is 12.1. The number of hydrogen-bond donors (Lipinski definition) is 1. The molecule has 0 aliphatic rings. The summed E-state index contributed by atoms with van der Waals surface area (Å²) in [7, 11) is 0. The Morgan fingerprint density at radius 2 is 1.80 bits per heavy atom. The second-order valence-corrected chi connectivity index (χ2v) is 5.18. The first-order chi connectivity index (χ1) is 12.2. The van der Waals surface area contributed by atoms with E-state index in [1.807, 2.05) is 42.5 Å². The summed E-state index contributed by atoms with van der Waals surface area (Å²) in [6.07, 6.45) is 2.22. The predicted molar refractivity (Wildman–Crippen MR) is 94.3 cm³/mol. The lowest BCUT2D eigenvalue weighted by atomic mass is 10.1. The van der Waals surface area contributed by atoms with Crippen LogP contribution in [0.5, 0.6) is 5.75 Å². The zero-order valence-electron chi connectivity index (χ0n) is 13.6. The van der Waals surface area contributed by atoms with E-state index in [2.05, 4.69) is 5.32 Å². The molecular formula is C20H17N3O2. The average Bonchev–Trinajstić information content (AvgIpc) is 2.66. The van der Waals surface area contributed by atoms with Gasteiger partial charge in [-0.05, 0) is 35.8 Å². The van der Waals surface area contributed by atoms with Crippen LogP contribution in [-0.4, -0.2) is 19.1 Å². The fourth-order valence-corrected chi connectivity index (χ4v) is 2.15. The minimum Gasteiger partial charge on any atom is -0.479 e. The van der Waals surface area contributed by atoms with Gasteiger partial charge in [0.2, 0.25) is 0 Å². The molecule has 124 valence electrons. The van der Waals surface area contributed by atoms with Gasteiger partial charge >= 0.3 is 0 Å². The van der Waals surface area contributed by atoms with Gasteiger partial charge < -0.3 is 10.1 Å². The van der Waals surface area contributed by atoms with E-state index >= 15 is 0 Å². The van der Waals surface area contributed by atoms with Crippen molar-refractivity contribution in [3.05, 3.63) is 71.3 Å². The van der Waals surface area contributed by atoms with Gasteiger partial charge in [0.25, 0.3) is 5.91 Å². The van der Waals surface area contributed by atoms with E-state index in [4.69, 9.17) is 10.00 Å². The second-order valence-electron chi connectivity index (χ2n) is 5.18. The number of hydrogen-bond acceptors (Lipinski definition) is 4. The van der Waals surface area contributed by atoms with Crippen LogP contribution in [0.3, 0.4) is 0 Å². The van der Waals surface area contributed by atoms with Crippen LogP contribution in [0.4, 0.5) is 0 Å². The van der Waals surface area contributed by atoms with E-state index in [0.29, 0.717) is 24.3 Å². The van der Waals surface area contributed by atoms with E-state index in [1.54, 1.807) is 24.3 Å². The van der Waals surface area contributed by atoms with Crippen LogP contribution in [0, 0.1) is 22.7 Å². The van der Waals surface area contributed by atoms with Crippen molar-refractivity contribution >= 4 is 12.0 Å². The first kappa shape index (κ1) is 17.8. The number of benzene rings is 2. The summed E-state index contributed by atoms with van der Waals surface area (Å²) in [4.78, 5) is 12.1. The molecule has 2 rings (SSSR count). The summed E-state index contributed by atoms with van der Waals surface area (Å²) in [5.41, 5.74) is 1.87. The number of carbonyl (C=O) groups is 1. The van der Waals surface area contributed by atoms with Gasteiger partial charge in [-0.25, -0.2) is 0 Å². The van der Waals surface area contributed by atoms with Crippen LogP contribution in [0.25, 0.3) is 6.08 Å². The minimum atomic E-state index is -0.400. The lowest BCUT2D eigenvalue weighted by molar-refractivity contribution is -0.117. The molecule has 0 heterocycles. The highest BCUT2D eigenvalue weighted by Crippen LogP contribution is 2.14. The fourth-order valence-electron chi connectivity index (χ4n) is 2.15. The van der Waals surface area contributed by atoms with Crippen molar-refractivity contribution in [2.75, 3.05) is 13.2 Å². The molecule has 0 saturated heterocycles. The summed E-state index contributed by atoms with van der Waals surface area (Å²) in [5.74, 6) is 0.160. The van der Waals surface area contributed by atoms with Gasteiger partial charge in [0.05, 0.1) is 0 Å². The first-order valence-corrected chi connectivity index (χ1v) is 7.76. The van der Waals surface area contributed by atoms with Crippen molar-refractivity contribution in [3.63, 3.8) is 0 Å². The van der Waals surface area contributed by atoms with Gasteiger partial charge in [0, 0.05) is 6.54 Å². The van der Waals surface area contributed by atoms with Crippen molar-refractivity contribution in [2.24, 2.45) is 0 Å². The van der Waals surface area contributed by atoms with Crippen LogP contribution in [0.15, 0.2) is 60.2 Å².